The van der Waals surface area contributed by atoms with Crippen LogP contribution in [0.15, 0.2) is 47.4 Å². The van der Waals surface area contributed by atoms with Gasteiger partial charge in [-0.25, -0.2) is 8.42 Å². The van der Waals surface area contributed by atoms with Crippen LogP contribution in [0.25, 0.3) is 0 Å². The molecule has 0 aromatic heterocycles. The van der Waals surface area contributed by atoms with E-state index in [1.54, 1.807) is 18.2 Å². The molecule has 0 spiro atoms. The molecule has 2 amide bonds. The number of piperidine rings is 1. The fraction of sp³-hybridized carbons (Fsp3) is 0.333. The number of rotatable bonds is 7. The molecular formula is C21H24N4O6S. The Bertz CT molecular complexity index is 1160. The van der Waals surface area contributed by atoms with Gasteiger partial charge in [-0.3, -0.25) is 24.6 Å². The SMILES string of the molecule is CS(=O)(=O)c1cc(C(=O)Nc2cccc(CN3CCC(C(N)=O)CC3)c2)cc([N+](=O)[O-])c1. The Kier molecular flexibility index (Phi) is 6.90. The Morgan fingerprint density at radius 2 is 1.88 bits per heavy atom. The topological polar surface area (TPSA) is 153 Å². The molecule has 2 aromatic carbocycles. The molecule has 3 rings (SSSR count). The summed E-state index contributed by atoms with van der Waals surface area (Å²) in [5.41, 5.74) is 6.18. The summed E-state index contributed by atoms with van der Waals surface area (Å²) in [6.45, 7) is 2.11. The van der Waals surface area contributed by atoms with Crippen molar-refractivity contribution in [2.45, 2.75) is 24.3 Å². The average Bonchev–Trinajstić information content (AvgIpc) is 2.73. The molecule has 11 heteroatoms. The van der Waals surface area contributed by atoms with Crippen molar-refractivity contribution in [3.8, 4) is 0 Å². The van der Waals surface area contributed by atoms with Gasteiger partial charge in [0.25, 0.3) is 11.6 Å². The number of benzene rings is 2. The lowest BCUT2D eigenvalue weighted by Gasteiger charge is -2.30. The molecule has 1 fully saturated rings. The van der Waals surface area contributed by atoms with Crippen LogP contribution in [0, 0.1) is 16.0 Å². The lowest BCUT2D eigenvalue weighted by Crippen LogP contribution is -2.38. The van der Waals surface area contributed by atoms with Crippen molar-refractivity contribution in [1.29, 1.82) is 0 Å². The zero-order valence-electron chi connectivity index (χ0n) is 17.5. The van der Waals surface area contributed by atoms with Crippen LogP contribution in [0.4, 0.5) is 11.4 Å². The van der Waals surface area contributed by atoms with Gasteiger partial charge in [0.1, 0.15) is 0 Å². The second kappa shape index (κ2) is 9.45. The lowest BCUT2D eigenvalue weighted by atomic mass is 9.96. The first kappa shape index (κ1) is 23.4. The Morgan fingerprint density at radius 3 is 2.47 bits per heavy atom. The van der Waals surface area contributed by atoms with E-state index in [2.05, 4.69) is 10.2 Å². The van der Waals surface area contributed by atoms with Crippen molar-refractivity contribution in [1.82, 2.24) is 4.90 Å². The number of carbonyl (C=O) groups excluding carboxylic acids is 2. The molecule has 10 nitrogen and oxygen atoms in total. The van der Waals surface area contributed by atoms with E-state index in [1.807, 2.05) is 6.07 Å². The number of sulfone groups is 1. The highest BCUT2D eigenvalue weighted by Crippen LogP contribution is 2.23. The molecule has 0 saturated carbocycles. The van der Waals surface area contributed by atoms with E-state index in [0.717, 1.165) is 43.1 Å². The molecule has 0 unspecified atom stereocenters. The van der Waals surface area contributed by atoms with Crippen molar-refractivity contribution in [2.75, 3.05) is 24.7 Å². The number of likely N-dealkylation sites (tertiary alicyclic amines) is 1. The number of anilines is 1. The molecule has 170 valence electrons. The quantitative estimate of drug-likeness (QED) is 0.473. The number of hydrogen-bond donors (Lipinski definition) is 2. The number of hydrogen-bond acceptors (Lipinski definition) is 7. The second-order valence-electron chi connectivity index (χ2n) is 7.85. The van der Waals surface area contributed by atoms with Gasteiger partial charge >= 0.3 is 0 Å². The van der Waals surface area contributed by atoms with Crippen molar-refractivity contribution in [2.24, 2.45) is 11.7 Å². The van der Waals surface area contributed by atoms with Gasteiger partial charge in [0.05, 0.1) is 9.82 Å². The molecule has 0 radical (unpaired) electrons. The number of nitrogens with one attached hydrogen (secondary N) is 1. The minimum atomic E-state index is -3.74. The third kappa shape index (κ3) is 5.89. The molecule has 2 aromatic rings. The van der Waals surface area contributed by atoms with E-state index in [1.165, 1.54) is 0 Å². The van der Waals surface area contributed by atoms with Gasteiger partial charge < -0.3 is 11.1 Å². The van der Waals surface area contributed by atoms with Gasteiger partial charge in [-0.15, -0.1) is 0 Å². The molecule has 1 saturated heterocycles. The number of nitro benzene ring substituents is 1. The van der Waals surface area contributed by atoms with Crippen LogP contribution < -0.4 is 11.1 Å². The first-order valence-electron chi connectivity index (χ1n) is 9.94. The summed E-state index contributed by atoms with van der Waals surface area (Å²) in [7, 11) is -3.74. The normalized spacial score (nSPS) is 15.3. The summed E-state index contributed by atoms with van der Waals surface area (Å²) in [4.78, 5) is 36.3. The van der Waals surface area contributed by atoms with Gasteiger partial charge in [0.2, 0.25) is 5.91 Å². The van der Waals surface area contributed by atoms with Crippen LogP contribution in [-0.2, 0) is 21.2 Å². The van der Waals surface area contributed by atoms with Gasteiger partial charge in [-0.2, -0.15) is 0 Å². The molecule has 1 heterocycles. The highest BCUT2D eigenvalue weighted by atomic mass is 32.2. The number of nitro groups is 1. The molecule has 0 atom stereocenters. The molecule has 1 aliphatic rings. The van der Waals surface area contributed by atoms with E-state index < -0.39 is 26.4 Å². The third-order valence-corrected chi connectivity index (χ3v) is 6.47. The molecule has 0 bridgehead atoms. The van der Waals surface area contributed by atoms with E-state index >= 15 is 0 Å². The highest BCUT2D eigenvalue weighted by Gasteiger charge is 2.23. The number of nitrogens with zero attached hydrogens (tertiary/aromatic N) is 2. The first-order chi connectivity index (χ1) is 15.0. The lowest BCUT2D eigenvalue weighted by molar-refractivity contribution is -0.385. The summed E-state index contributed by atoms with van der Waals surface area (Å²) in [6, 6.07) is 10.2. The smallest absolute Gasteiger partial charge is 0.271 e. The van der Waals surface area contributed by atoms with Crippen molar-refractivity contribution >= 4 is 33.0 Å². The third-order valence-electron chi connectivity index (χ3n) is 5.37. The summed E-state index contributed by atoms with van der Waals surface area (Å²) >= 11 is 0. The summed E-state index contributed by atoms with van der Waals surface area (Å²) in [6.07, 6.45) is 2.34. The van der Waals surface area contributed by atoms with Crippen LogP contribution in [0.5, 0.6) is 0 Å². The van der Waals surface area contributed by atoms with Crippen molar-refractivity contribution < 1.29 is 22.9 Å². The fourth-order valence-electron chi connectivity index (χ4n) is 3.62. The van der Waals surface area contributed by atoms with E-state index in [0.29, 0.717) is 25.1 Å². The van der Waals surface area contributed by atoms with Crippen LogP contribution >= 0.6 is 0 Å². The fourth-order valence-corrected chi connectivity index (χ4v) is 4.29. The highest BCUT2D eigenvalue weighted by molar-refractivity contribution is 7.90. The van der Waals surface area contributed by atoms with Gasteiger partial charge in [-0.1, -0.05) is 12.1 Å². The second-order valence-corrected chi connectivity index (χ2v) is 9.87. The summed E-state index contributed by atoms with van der Waals surface area (Å²) in [5.74, 6) is -1.02. The number of primary amides is 1. The predicted octanol–water partition coefficient (Wildman–Crippen LogP) is 1.95. The minimum Gasteiger partial charge on any atom is -0.369 e. The standard InChI is InChI=1S/C21H24N4O6S/c1-32(30,31)19-11-16(10-18(12-19)25(28)29)21(27)23-17-4-2-3-14(9-17)13-24-7-5-15(6-8-24)20(22)26/h2-4,9-12,15H,5-8,13H2,1H3,(H2,22,26)(H,23,27). The number of amides is 2. The number of carbonyl (C=O) groups is 2. The maximum atomic E-state index is 12.7. The zero-order chi connectivity index (χ0) is 23.5. The van der Waals surface area contributed by atoms with Crippen LogP contribution in [0.1, 0.15) is 28.8 Å². The molecule has 32 heavy (non-hydrogen) atoms. The van der Waals surface area contributed by atoms with Crippen molar-refractivity contribution in [3.63, 3.8) is 0 Å². The zero-order valence-corrected chi connectivity index (χ0v) is 18.3. The monoisotopic (exact) mass is 460 g/mol. The maximum absolute atomic E-state index is 12.7. The van der Waals surface area contributed by atoms with E-state index in [9.17, 15) is 28.1 Å². The molecule has 3 N–H and O–H groups in total. The predicted molar refractivity (Wildman–Crippen MR) is 118 cm³/mol. The largest absolute Gasteiger partial charge is 0.369 e. The molecule has 0 aliphatic carbocycles. The number of nitrogens with two attached hydrogens (primary N) is 1. The van der Waals surface area contributed by atoms with E-state index in [4.69, 9.17) is 5.73 Å². The summed E-state index contributed by atoms with van der Waals surface area (Å²) < 4.78 is 23.7. The van der Waals surface area contributed by atoms with Gasteiger partial charge in [0.15, 0.2) is 9.84 Å². The van der Waals surface area contributed by atoms with Crippen molar-refractivity contribution in [3.05, 3.63) is 63.7 Å². The Hall–Kier alpha value is -3.31. The molecule has 1 aliphatic heterocycles. The minimum absolute atomic E-state index is 0.0939. The van der Waals surface area contributed by atoms with Crippen LogP contribution in [-0.4, -0.2) is 49.4 Å². The number of non-ortho nitro benzene ring substituents is 1. The first-order valence-corrected chi connectivity index (χ1v) is 11.8. The van der Waals surface area contributed by atoms with Gasteiger partial charge in [-0.05, 0) is 49.7 Å². The van der Waals surface area contributed by atoms with Gasteiger partial charge in [0, 0.05) is 42.1 Å². The van der Waals surface area contributed by atoms with Crippen LogP contribution in [0.3, 0.4) is 0 Å². The Balaban J connectivity index is 1.73. The van der Waals surface area contributed by atoms with E-state index in [-0.39, 0.29) is 22.3 Å². The molecular weight excluding hydrogens is 436 g/mol. The maximum Gasteiger partial charge on any atom is 0.271 e. The van der Waals surface area contributed by atoms with Crippen LogP contribution in [0.2, 0.25) is 0 Å². The summed E-state index contributed by atoms with van der Waals surface area (Å²) in [5, 5.41) is 13.8. The Labute approximate surface area is 185 Å². The average molecular weight is 461 g/mol. The Morgan fingerprint density at radius 1 is 1.19 bits per heavy atom.